The highest BCUT2D eigenvalue weighted by Gasteiger charge is 2.05. The Hall–Kier alpha value is -2.10. The van der Waals surface area contributed by atoms with E-state index in [1.54, 1.807) is 0 Å². The first-order chi connectivity index (χ1) is 9.26. The molecular formula is C15H20N4. The van der Waals surface area contributed by atoms with Gasteiger partial charge in [-0.1, -0.05) is 32.0 Å². The van der Waals surface area contributed by atoms with Gasteiger partial charge in [0, 0.05) is 25.2 Å². The first-order valence-corrected chi connectivity index (χ1v) is 6.67. The van der Waals surface area contributed by atoms with Gasteiger partial charge in [-0.2, -0.15) is 0 Å². The van der Waals surface area contributed by atoms with Crippen LogP contribution in [0.15, 0.2) is 30.3 Å². The van der Waals surface area contributed by atoms with Gasteiger partial charge in [-0.05, 0) is 18.1 Å². The number of nitrogens with zero attached hydrogens (tertiary/aromatic N) is 2. The first kappa shape index (κ1) is 13.3. The van der Waals surface area contributed by atoms with Gasteiger partial charge in [-0.25, -0.2) is 9.97 Å². The molecule has 0 fully saturated rings. The van der Waals surface area contributed by atoms with Crippen molar-refractivity contribution in [3.05, 3.63) is 41.7 Å². The predicted octanol–water partition coefficient (Wildman–Crippen LogP) is 3.39. The Labute approximate surface area is 114 Å². The van der Waals surface area contributed by atoms with Gasteiger partial charge in [0.05, 0.1) is 0 Å². The lowest BCUT2D eigenvalue weighted by atomic mass is 10.1. The molecule has 2 N–H and O–H groups in total. The molecule has 19 heavy (non-hydrogen) atoms. The topological polar surface area (TPSA) is 49.8 Å². The second-order valence-corrected chi connectivity index (χ2v) is 4.29. The monoisotopic (exact) mass is 256 g/mol. The van der Waals surface area contributed by atoms with Gasteiger partial charge in [0.25, 0.3) is 0 Å². The molecule has 0 aliphatic carbocycles. The van der Waals surface area contributed by atoms with Gasteiger partial charge in [0.1, 0.15) is 17.5 Å². The Bertz CT molecular complexity index is 529. The van der Waals surface area contributed by atoms with E-state index in [1.807, 2.05) is 19.2 Å². The number of anilines is 3. The number of hydrogen-bond acceptors (Lipinski definition) is 4. The number of aromatic nitrogens is 2. The minimum Gasteiger partial charge on any atom is -0.373 e. The average molecular weight is 256 g/mol. The molecule has 0 saturated carbocycles. The van der Waals surface area contributed by atoms with Crippen LogP contribution < -0.4 is 10.6 Å². The summed E-state index contributed by atoms with van der Waals surface area (Å²) in [4.78, 5) is 8.90. The van der Waals surface area contributed by atoms with Crippen LogP contribution in [0.3, 0.4) is 0 Å². The van der Waals surface area contributed by atoms with E-state index in [4.69, 9.17) is 0 Å². The molecule has 1 aromatic heterocycles. The zero-order valence-corrected chi connectivity index (χ0v) is 11.7. The van der Waals surface area contributed by atoms with Gasteiger partial charge in [-0.15, -0.1) is 0 Å². The Balaban J connectivity index is 2.32. The highest BCUT2D eigenvalue weighted by molar-refractivity contribution is 5.62. The highest BCUT2D eigenvalue weighted by atomic mass is 15.1. The normalized spacial score (nSPS) is 10.3. The molecule has 0 radical (unpaired) electrons. The van der Waals surface area contributed by atoms with Crippen LogP contribution in [0.4, 0.5) is 17.3 Å². The third-order valence-corrected chi connectivity index (χ3v) is 3.01. The fourth-order valence-electron chi connectivity index (χ4n) is 1.94. The summed E-state index contributed by atoms with van der Waals surface area (Å²) >= 11 is 0. The quantitative estimate of drug-likeness (QED) is 0.861. The summed E-state index contributed by atoms with van der Waals surface area (Å²) in [7, 11) is 1.87. The van der Waals surface area contributed by atoms with Crippen LogP contribution in [0.2, 0.25) is 0 Å². The molecule has 1 heterocycles. The van der Waals surface area contributed by atoms with Crippen molar-refractivity contribution in [2.45, 2.75) is 26.7 Å². The van der Waals surface area contributed by atoms with E-state index >= 15 is 0 Å². The maximum atomic E-state index is 4.51. The summed E-state index contributed by atoms with van der Waals surface area (Å²) in [6.07, 6.45) is 1.81. The Morgan fingerprint density at radius 1 is 1.00 bits per heavy atom. The second kappa shape index (κ2) is 6.18. The Morgan fingerprint density at radius 2 is 1.74 bits per heavy atom. The largest absolute Gasteiger partial charge is 0.373 e. The molecule has 2 aromatic rings. The molecule has 4 heteroatoms. The molecule has 100 valence electrons. The maximum absolute atomic E-state index is 4.51. The zero-order valence-electron chi connectivity index (χ0n) is 11.7. The lowest BCUT2D eigenvalue weighted by Crippen LogP contribution is -2.04. The summed E-state index contributed by atoms with van der Waals surface area (Å²) in [5.41, 5.74) is 2.39. The van der Waals surface area contributed by atoms with Crippen molar-refractivity contribution in [3.8, 4) is 0 Å². The molecular weight excluding hydrogens is 236 g/mol. The molecule has 0 saturated heterocycles. The van der Waals surface area contributed by atoms with E-state index in [0.29, 0.717) is 0 Å². The fourth-order valence-corrected chi connectivity index (χ4v) is 1.94. The van der Waals surface area contributed by atoms with Crippen molar-refractivity contribution in [2.24, 2.45) is 0 Å². The second-order valence-electron chi connectivity index (χ2n) is 4.29. The average Bonchev–Trinajstić information content (AvgIpc) is 2.47. The minimum atomic E-state index is 0.819. The summed E-state index contributed by atoms with van der Waals surface area (Å²) in [6, 6.07) is 10.2. The number of para-hydroxylation sites is 1. The standard InChI is InChI=1S/C15H20N4/c1-4-11-8-6-7-9-12(11)17-15-10-14(16-3)18-13(5-2)19-15/h6-10H,4-5H2,1-3H3,(H2,16,17,18,19). The van der Waals surface area contributed by atoms with E-state index < -0.39 is 0 Å². The van der Waals surface area contributed by atoms with Crippen LogP contribution in [0, 0.1) is 0 Å². The van der Waals surface area contributed by atoms with Gasteiger partial charge in [0.15, 0.2) is 0 Å². The zero-order chi connectivity index (χ0) is 13.7. The molecule has 4 nitrogen and oxygen atoms in total. The molecule has 0 unspecified atom stereocenters. The third kappa shape index (κ3) is 3.22. The van der Waals surface area contributed by atoms with Crippen LogP contribution in [0.5, 0.6) is 0 Å². The van der Waals surface area contributed by atoms with Crippen molar-refractivity contribution in [3.63, 3.8) is 0 Å². The van der Waals surface area contributed by atoms with E-state index in [2.05, 4.69) is 52.6 Å². The van der Waals surface area contributed by atoms with E-state index in [9.17, 15) is 0 Å². The smallest absolute Gasteiger partial charge is 0.136 e. The Morgan fingerprint density at radius 3 is 2.42 bits per heavy atom. The van der Waals surface area contributed by atoms with Crippen LogP contribution in [-0.4, -0.2) is 17.0 Å². The van der Waals surface area contributed by atoms with Crippen molar-refractivity contribution in [1.29, 1.82) is 0 Å². The minimum absolute atomic E-state index is 0.819. The SMILES string of the molecule is CCc1nc(NC)cc(Nc2ccccc2CC)n1. The molecule has 0 spiro atoms. The van der Waals surface area contributed by atoms with Gasteiger partial charge >= 0.3 is 0 Å². The van der Waals surface area contributed by atoms with Crippen molar-refractivity contribution >= 4 is 17.3 Å². The molecule has 0 bridgehead atoms. The number of rotatable bonds is 5. The van der Waals surface area contributed by atoms with Gasteiger partial charge in [-0.3, -0.25) is 0 Å². The molecule has 1 aromatic carbocycles. The summed E-state index contributed by atoms with van der Waals surface area (Å²) in [5.74, 6) is 2.50. The van der Waals surface area contributed by atoms with Gasteiger partial charge in [0.2, 0.25) is 0 Å². The summed E-state index contributed by atoms with van der Waals surface area (Å²) in [6.45, 7) is 4.20. The number of hydrogen-bond donors (Lipinski definition) is 2. The fraction of sp³-hybridized carbons (Fsp3) is 0.333. The number of aryl methyl sites for hydroxylation is 2. The lowest BCUT2D eigenvalue weighted by molar-refractivity contribution is 0.944. The Kier molecular flexibility index (Phi) is 4.34. The van der Waals surface area contributed by atoms with E-state index in [-0.39, 0.29) is 0 Å². The molecule has 0 aliphatic rings. The molecule has 0 aliphatic heterocycles. The van der Waals surface area contributed by atoms with Crippen molar-refractivity contribution < 1.29 is 0 Å². The van der Waals surface area contributed by atoms with E-state index in [0.717, 1.165) is 36.0 Å². The third-order valence-electron chi connectivity index (χ3n) is 3.01. The van der Waals surface area contributed by atoms with Crippen LogP contribution >= 0.6 is 0 Å². The molecule has 0 amide bonds. The van der Waals surface area contributed by atoms with Crippen molar-refractivity contribution in [2.75, 3.05) is 17.7 Å². The molecule has 2 rings (SSSR count). The van der Waals surface area contributed by atoms with Crippen LogP contribution in [-0.2, 0) is 12.8 Å². The number of nitrogens with one attached hydrogen (secondary N) is 2. The first-order valence-electron chi connectivity index (χ1n) is 6.67. The number of benzene rings is 1. The van der Waals surface area contributed by atoms with Crippen LogP contribution in [0.25, 0.3) is 0 Å². The lowest BCUT2D eigenvalue weighted by Gasteiger charge is -2.12. The molecule has 0 atom stereocenters. The van der Waals surface area contributed by atoms with Gasteiger partial charge < -0.3 is 10.6 Å². The summed E-state index contributed by atoms with van der Waals surface area (Å²) in [5, 5.41) is 6.45. The summed E-state index contributed by atoms with van der Waals surface area (Å²) < 4.78 is 0. The van der Waals surface area contributed by atoms with E-state index in [1.165, 1.54) is 5.56 Å². The van der Waals surface area contributed by atoms with Crippen LogP contribution in [0.1, 0.15) is 25.2 Å². The predicted molar refractivity (Wildman–Crippen MR) is 80.1 cm³/mol. The maximum Gasteiger partial charge on any atom is 0.136 e. The van der Waals surface area contributed by atoms with Crippen molar-refractivity contribution in [1.82, 2.24) is 9.97 Å². The highest BCUT2D eigenvalue weighted by Crippen LogP contribution is 2.21.